The minimum Gasteiger partial charge on any atom is -0.478 e. The Morgan fingerprint density at radius 2 is 2.21 bits per heavy atom. The summed E-state index contributed by atoms with van der Waals surface area (Å²) in [5.74, 6) is -0.849. The number of carbonyl (C=O) groups excluding carboxylic acids is 1. The molecule has 1 aromatic rings. The first kappa shape index (κ1) is 14.7. The highest BCUT2D eigenvalue weighted by Gasteiger charge is 2.15. The fourth-order valence-electron chi connectivity index (χ4n) is 1.61. The van der Waals surface area contributed by atoms with Crippen molar-refractivity contribution >= 4 is 23.4 Å². The number of carbonyl (C=O) groups is 2. The van der Waals surface area contributed by atoms with Crippen molar-refractivity contribution in [3.05, 3.63) is 17.8 Å². The smallest absolute Gasteiger partial charge is 0.337 e. The van der Waals surface area contributed by atoms with Gasteiger partial charge < -0.3 is 21.1 Å². The van der Waals surface area contributed by atoms with Gasteiger partial charge in [0.15, 0.2) is 0 Å². The van der Waals surface area contributed by atoms with E-state index < -0.39 is 5.97 Å². The van der Waals surface area contributed by atoms with E-state index in [1.165, 1.54) is 12.3 Å². The summed E-state index contributed by atoms with van der Waals surface area (Å²) in [6.07, 6.45) is 2.11. The lowest BCUT2D eigenvalue weighted by Crippen LogP contribution is -2.36. The molecule has 1 rings (SSSR count). The Hall–Kier alpha value is -2.31. The number of aromatic carboxylic acids is 1. The van der Waals surface area contributed by atoms with Crippen LogP contribution in [0.1, 0.15) is 23.7 Å². The summed E-state index contributed by atoms with van der Waals surface area (Å²) in [6.45, 7) is 2.69. The highest BCUT2D eigenvalue weighted by atomic mass is 16.4. The van der Waals surface area contributed by atoms with Crippen molar-refractivity contribution in [2.24, 2.45) is 0 Å². The second-order valence-corrected chi connectivity index (χ2v) is 4.03. The monoisotopic (exact) mass is 266 g/mol. The molecule has 0 aliphatic heterocycles. The third-order valence-electron chi connectivity index (χ3n) is 2.58. The predicted octanol–water partition coefficient (Wildman–Crippen LogP) is 0.324. The van der Waals surface area contributed by atoms with E-state index in [1.807, 2.05) is 6.92 Å². The normalized spacial score (nSPS) is 10.0. The number of anilines is 2. The lowest BCUT2D eigenvalue weighted by molar-refractivity contribution is -0.119. The first-order chi connectivity index (χ1) is 8.99. The fourth-order valence-corrected chi connectivity index (χ4v) is 1.61. The van der Waals surface area contributed by atoms with Gasteiger partial charge in [-0.1, -0.05) is 6.92 Å². The molecule has 1 heterocycles. The van der Waals surface area contributed by atoms with Gasteiger partial charge in [-0.05, 0) is 12.5 Å². The zero-order chi connectivity index (χ0) is 14.4. The number of carboxylic acid groups (broad SMARTS) is 1. The summed E-state index contributed by atoms with van der Waals surface area (Å²) >= 11 is 0. The molecule has 0 spiro atoms. The molecule has 1 aromatic heterocycles. The van der Waals surface area contributed by atoms with Crippen molar-refractivity contribution in [2.45, 2.75) is 13.3 Å². The zero-order valence-corrected chi connectivity index (χ0v) is 11.0. The van der Waals surface area contributed by atoms with Crippen LogP contribution < -0.4 is 16.0 Å². The number of hydrogen-bond acceptors (Lipinski definition) is 5. The summed E-state index contributed by atoms with van der Waals surface area (Å²) in [6, 6.07) is 1.39. The van der Waals surface area contributed by atoms with Gasteiger partial charge in [-0.15, -0.1) is 0 Å². The number of nitrogens with zero attached hydrogens (tertiary/aromatic N) is 2. The van der Waals surface area contributed by atoms with E-state index >= 15 is 0 Å². The van der Waals surface area contributed by atoms with Crippen LogP contribution in [0, 0.1) is 0 Å². The minimum absolute atomic E-state index is 0.0111. The van der Waals surface area contributed by atoms with Crippen molar-refractivity contribution < 1.29 is 14.7 Å². The third kappa shape index (κ3) is 3.84. The topological polar surface area (TPSA) is 109 Å². The third-order valence-corrected chi connectivity index (χ3v) is 2.58. The Bertz CT molecular complexity index is 476. The highest BCUT2D eigenvalue weighted by Crippen LogP contribution is 2.18. The van der Waals surface area contributed by atoms with Crippen LogP contribution in [0.15, 0.2) is 12.3 Å². The molecular weight excluding hydrogens is 248 g/mol. The predicted molar refractivity (Wildman–Crippen MR) is 72.2 cm³/mol. The molecule has 0 radical (unpaired) electrons. The highest BCUT2D eigenvalue weighted by molar-refractivity contribution is 5.94. The van der Waals surface area contributed by atoms with E-state index in [4.69, 9.17) is 10.8 Å². The van der Waals surface area contributed by atoms with Gasteiger partial charge in [0.25, 0.3) is 0 Å². The molecule has 0 fully saturated rings. The number of rotatable bonds is 6. The number of pyridine rings is 1. The number of aromatic nitrogens is 1. The molecule has 7 heteroatoms. The molecule has 19 heavy (non-hydrogen) atoms. The molecule has 0 aliphatic rings. The first-order valence-corrected chi connectivity index (χ1v) is 5.94. The Morgan fingerprint density at radius 1 is 1.53 bits per heavy atom. The SMILES string of the molecule is CCCN(CC(=O)NC)c1cc(C(=O)O)c(N)cn1. The molecule has 104 valence electrons. The second-order valence-electron chi connectivity index (χ2n) is 4.03. The Balaban J connectivity index is 3.05. The summed E-state index contributed by atoms with van der Waals surface area (Å²) < 4.78 is 0. The van der Waals surface area contributed by atoms with E-state index in [1.54, 1.807) is 11.9 Å². The molecule has 0 saturated carbocycles. The molecule has 1 amide bonds. The van der Waals surface area contributed by atoms with Gasteiger partial charge in [0.1, 0.15) is 5.82 Å². The molecule has 7 nitrogen and oxygen atoms in total. The average Bonchev–Trinajstić information content (AvgIpc) is 2.38. The van der Waals surface area contributed by atoms with Crippen LogP contribution in [0.3, 0.4) is 0 Å². The van der Waals surface area contributed by atoms with Gasteiger partial charge >= 0.3 is 5.97 Å². The van der Waals surface area contributed by atoms with E-state index in [0.717, 1.165) is 6.42 Å². The van der Waals surface area contributed by atoms with Gasteiger partial charge in [-0.25, -0.2) is 9.78 Å². The number of nitrogens with one attached hydrogen (secondary N) is 1. The average molecular weight is 266 g/mol. The lowest BCUT2D eigenvalue weighted by Gasteiger charge is -2.22. The molecule has 0 unspecified atom stereocenters. The van der Waals surface area contributed by atoms with E-state index in [9.17, 15) is 9.59 Å². The number of likely N-dealkylation sites (N-methyl/N-ethyl adjacent to an activating group) is 1. The quantitative estimate of drug-likeness (QED) is 0.684. The molecule has 0 saturated heterocycles. The Labute approximate surface area is 111 Å². The maximum atomic E-state index is 11.4. The van der Waals surface area contributed by atoms with Crippen LogP contribution in [0.5, 0.6) is 0 Å². The van der Waals surface area contributed by atoms with Crippen molar-refractivity contribution in [3.63, 3.8) is 0 Å². The van der Waals surface area contributed by atoms with Crippen LogP contribution in [0.25, 0.3) is 0 Å². The van der Waals surface area contributed by atoms with E-state index in [2.05, 4.69) is 10.3 Å². The maximum Gasteiger partial charge on any atom is 0.337 e. The Kier molecular flexibility index (Phi) is 5.11. The van der Waals surface area contributed by atoms with Crippen LogP contribution in [0.4, 0.5) is 11.5 Å². The van der Waals surface area contributed by atoms with E-state index in [0.29, 0.717) is 12.4 Å². The Morgan fingerprint density at radius 3 is 2.74 bits per heavy atom. The molecular formula is C12H18N4O3. The summed E-state index contributed by atoms with van der Waals surface area (Å²) in [5.41, 5.74) is 5.64. The molecule has 0 aromatic carbocycles. The zero-order valence-electron chi connectivity index (χ0n) is 11.0. The molecule has 0 atom stereocenters. The number of amides is 1. The second kappa shape index (κ2) is 6.58. The van der Waals surface area contributed by atoms with Crippen molar-refractivity contribution in [1.29, 1.82) is 0 Å². The number of carboxylic acids is 1. The van der Waals surface area contributed by atoms with Gasteiger partial charge in [0.2, 0.25) is 5.91 Å². The van der Waals surface area contributed by atoms with Crippen LogP contribution in [0.2, 0.25) is 0 Å². The number of nitrogen functional groups attached to an aromatic ring is 1. The van der Waals surface area contributed by atoms with Crippen molar-refractivity contribution in [3.8, 4) is 0 Å². The van der Waals surface area contributed by atoms with Gasteiger partial charge in [-0.3, -0.25) is 4.79 Å². The largest absolute Gasteiger partial charge is 0.478 e. The standard InChI is InChI=1S/C12H18N4O3/c1-3-4-16(7-11(17)14-2)10-5-8(12(18)19)9(13)6-15-10/h5-6H,3-4,7,13H2,1-2H3,(H,14,17)(H,18,19). The number of hydrogen-bond donors (Lipinski definition) is 3. The summed E-state index contributed by atoms with van der Waals surface area (Å²) in [7, 11) is 1.55. The fraction of sp³-hybridized carbons (Fsp3) is 0.417. The van der Waals surface area contributed by atoms with Gasteiger partial charge in [0, 0.05) is 13.6 Å². The van der Waals surface area contributed by atoms with Crippen LogP contribution in [-0.4, -0.2) is 42.1 Å². The lowest BCUT2D eigenvalue weighted by atomic mass is 10.2. The molecule has 4 N–H and O–H groups in total. The van der Waals surface area contributed by atoms with Gasteiger partial charge in [-0.2, -0.15) is 0 Å². The minimum atomic E-state index is -1.11. The summed E-state index contributed by atoms with van der Waals surface area (Å²) in [5, 5.41) is 11.5. The molecule has 0 bridgehead atoms. The van der Waals surface area contributed by atoms with Gasteiger partial charge in [0.05, 0.1) is 24.0 Å². The van der Waals surface area contributed by atoms with E-state index in [-0.39, 0.29) is 23.7 Å². The maximum absolute atomic E-state index is 11.4. The van der Waals surface area contributed by atoms with Crippen molar-refractivity contribution in [2.75, 3.05) is 30.8 Å². The van der Waals surface area contributed by atoms with Crippen LogP contribution >= 0.6 is 0 Å². The van der Waals surface area contributed by atoms with Crippen LogP contribution in [-0.2, 0) is 4.79 Å². The summed E-state index contributed by atoms with van der Waals surface area (Å²) in [4.78, 5) is 28.3. The number of nitrogens with two attached hydrogens (primary N) is 1. The first-order valence-electron chi connectivity index (χ1n) is 5.94. The van der Waals surface area contributed by atoms with Crippen molar-refractivity contribution in [1.82, 2.24) is 10.3 Å². The molecule has 0 aliphatic carbocycles.